The number of aliphatic imine (C=N–C) groups is 1. The largest absolute Gasteiger partial charge is 0.271 e. The maximum absolute atomic E-state index is 10.9. The van der Waals surface area contributed by atoms with Crippen molar-refractivity contribution in [2.75, 3.05) is 25.7 Å². The maximum Gasteiger partial charge on any atom is 0.264 e. The van der Waals surface area contributed by atoms with E-state index in [-0.39, 0.29) is 13.2 Å². The summed E-state index contributed by atoms with van der Waals surface area (Å²) in [6, 6.07) is 0. The highest BCUT2D eigenvalue weighted by Crippen LogP contribution is 1.87. The van der Waals surface area contributed by atoms with E-state index in [0.717, 1.165) is 12.5 Å². The fourth-order valence-electron chi connectivity index (χ4n) is 0.707. The minimum absolute atomic E-state index is 0.230. The van der Waals surface area contributed by atoms with E-state index in [1.54, 1.807) is 5.43 Å². The van der Waals surface area contributed by atoms with Crippen LogP contribution < -0.4 is 10.1 Å². The van der Waals surface area contributed by atoms with Gasteiger partial charge >= 0.3 is 0 Å². The fourth-order valence-corrected chi connectivity index (χ4v) is 1.55. The molecule has 0 fully saturated rings. The lowest BCUT2D eigenvalue weighted by atomic mass is 10.7. The molecule has 0 bridgehead atoms. The van der Waals surface area contributed by atoms with Crippen LogP contribution in [0.3, 0.4) is 0 Å². The summed E-state index contributed by atoms with van der Waals surface area (Å²) in [5.41, 5.74) is 1.73. The number of nitrogens with one attached hydrogen (secondary N) is 2. The zero-order valence-corrected chi connectivity index (χ0v) is 11.2. The topological polar surface area (TPSA) is 158 Å². The van der Waals surface area contributed by atoms with Gasteiger partial charge in [0.05, 0.1) is 25.7 Å². The Labute approximate surface area is 104 Å². The summed E-state index contributed by atoms with van der Waals surface area (Å²) in [6.45, 7) is -0.557. The van der Waals surface area contributed by atoms with E-state index < -0.39 is 31.4 Å². The highest BCUT2D eigenvalue weighted by Gasteiger charge is 2.08. The minimum Gasteiger partial charge on any atom is -0.271 e. The van der Waals surface area contributed by atoms with Gasteiger partial charge in [0.2, 0.25) is 16.0 Å². The third-order valence-electron chi connectivity index (χ3n) is 1.15. The molecule has 0 atom stereocenters. The van der Waals surface area contributed by atoms with Crippen LogP contribution in [0.15, 0.2) is 4.99 Å². The van der Waals surface area contributed by atoms with Gasteiger partial charge in [-0.3, -0.25) is 19.3 Å². The molecular weight excluding hydrogens is 292 g/mol. The summed E-state index contributed by atoms with van der Waals surface area (Å²) >= 11 is 0. The van der Waals surface area contributed by atoms with Crippen LogP contribution in [-0.4, -0.2) is 64.2 Å². The molecule has 0 radical (unpaired) electrons. The Hall–Kier alpha value is -0.990. The maximum atomic E-state index is 10.9. The van der Waals surface area contributed by atoms with Crippen molar-refractivity contribution in [2.24, 2.45) is 4.99 Å². The van der Waals surface area contributed by atoms with Crippen LogP contribution in [0.25, 0.3) is 0 Å². The Morgan fingerprint density at radius 1 is 1.28 bits per heavy atom. The summed E-state index contributed by atoms with van der Waals surface area (Å²) in [5, 5.41) is 16.4. The molecule has 0 aromatic heterocycles. The second kappa shape index (κ2) is 6.81. The monoisotopic (exact) mass is 306 g/mol. The lowest BCUT2D eigenvalue weighted by Gasteiger charge is -2.12. The second-order valence-corrected chi connectivity index (χ2v) is 6.42. The molecular formula is C5H14N4O7S2. The molecule has 0 amide bonds. The number of hydrogen-bond acceptors (Lipinski definition) is 9. The summed E-state index contributed by atoms with van der Waals surface area (Å²) in [6.07, 6.45) is 1.66. The molecule has 0 aromatic rings. The van der Waals surface area contributed by atoms with Crippen LogP contribution in [0.5, 0.6) is 0 Å². The molecule has 0 heterocycles. The van der Waals surface area contributed by atoms with Crippen LogP contribution in [0.2, 0.25) is 0 Å². The van der Waals surface area contributed by atoms with Gasteiger partial charge in [0.1, 0.15) is 0 Å². The highest BCUT2D eigenvalue weighted by molar-refractivity contribution is 7.89. The first-order valence-electron chi connectivity index (χ1n) is 4.31. The number of nitrogens with zero attached hydrogens (tertiary/aromatic N) is 2. The molecule has 0 saturated carbocycles. The van der Waals surface area contributed by atoms with Crippen molar-refractivity contribution < 1.29 is 31.4 Å². The predicted molar refractivity (Wildman–Crippen MR) is 59.6 cm³/mol. The van der Waals surface area contributed by atoms with E-state index in [9.17, 15) is 16.8 Å². The van der Waals surface area contributed by atoms with Gasteiger partial charge in [0.15, 0.2) is 0 Å². The summed E-state index contributed by atoms with van der Waals surface area (Å²) < 4.78 is 49.1. The van der Waals surface area contributed by atoms with Crippen LogP contribution in [0, 0.1) is 0 Å². The van der Waals surface area contributed by atoms with Crippen molar-refractivity contribution in [1.29, 1.82) is 0 Å². The number of rotatable bonds is 6. The zero-order chi connectivity index (χ0) is 14.4. The molecule has 0 saturated heterocycles. The Balaban J connectivity index is 4.47. The Kier molecular flexibility index (Phi) is 6.44. The van der Waals surface area contributed by atoms with E-state index in [4.69, 9.17) is 10.4 Å². The fraction of sp³-hybridized carbons (Fsp3) is 0.800. The van der Waals surface area contributed by atoms with Gasteiger partial charge in [-0.2, -0.15) is 8.42 Å². The van der Waals surface area contributed by atoms with Gasteiger partial charge in [-0.25, -0.2) is 18.8 Å². The van der Waals surface area contributed by atoms with Crippen molar-refractivity contribution >= 4 is 26.1 Å². The normalized spacial score (nSPS) is 13.7. The molecule has 0 unspecified atom stereocenters. The van der Waals surface area contributed by atoms with E-state index in [1.807, 2.05) is 4.72 Å². The first-order chi connectivity index (χ1) is 7.99. The van der Waals surface area contributed by atoms with Gasteiger partial charge in [-0.1, -0.05) is 0 Å². The number of hydrogen-bond donors (Lipinski definition) is 4. The first-order valence-corrected chi connectivity index (χ1v) is 8.01. The van der Waals surface area contributed by atoms with Gasteiger partial charge in [0, 0.05) is 5.34 Å². The molecule has 0 aromatic carbocycles. The van der Waals surface area contributed by atoms with Gasteiger partial charge in [-0.05, 0) is 0 Å². The number of guanidine groups is 1. The van der Waals surface area contributed by atoms with Gasteiger partial charge in [-0.15, -0.1) is 0 Å². The SMILES string of the molecule is CS(=O)(=O)NC(=NCCOS(C)(=O)=O)NN(O)O. The Bertz CT molecular complexity index is 482. The summed E-state index contributed by atoms with van der Waals surface area (Å²) in [4.78, 5) is 3.52. The van der Waals surface area contributed by atoms with Crippen molar-refractivity contribution in [1.82, 2.24) is 15.5 Å². The van der Waals surface area contributed by atoms with E-state index in [0.29, 0.717) is 0 Å². The Morgan fingerprint density at radius 2 is 1.83 bits per heavy atom. The van der Waals surface area contributed by atoms with Crippen LogP contribution in [0.1, 0.15) is 0 Å². The van der Waals surface area contributed by atoms with Crippen LogP contribution in [0.4, 0.5) is 0 Å². The second-order valence-electron chi connectivity index (χ2n) is 3.03. The smallest absolute Gasteiger partial charge is 0.264 e. The van der Waals surface area contributed by atoms with Crippen molar-refractivity contribution in [3.8, 4) is 0 Å². The molecule has 0 aliphatic rings. The zero-order valence-electron chi connectivity index (χ0n) is 9.56. The first kappa shape index (κ1) is 17.0. The van der Waals surface area contributed by atoms with E-state index >= 15 is 0 Å². The van der Waals surface area contributed by atoms with E-state index in [2.05, 4.69) is 9.18 Å². The standard InChI is InChI=1S/C5H14N4O7S2/c1-17(12,13)8-5(7-9(10)11)6-3-4-16-18(2,14)15/h10-11H,3-4H2,1-2H3,(H2,6,7,8). The summed E-state index contributed by atoms with van der Waals surface area (Å²) in [7, 11) is -7.30. The molecule has 18 heavy (non-hydrogen) atoms. The third-order valence-corrected chi connectivity index (χ3v) is 2.31. The lowest BCUT2D eigenvalue weighted by Crippen LogP contribution is -2.47. The van der Waals surface area contributed by atoms with Gasteiger partial charge < -0.3 is 0 Å². The number of hydrazine groups is 1. The molecule has 0 rings (SSSR count). The van der Waals surface area contributed by atoms with Crippen LogP contribution in [-0.2, 0) is 24.3 Å². The third kappa shape index (κ3) is 11.5. The molecule has 0 spiro atoms. The quantitative estimate of drug-likeness (QED) is 0.136. The molecule has 0 aliphatic heterocycles. The number of sulfonamides is 1. The minimum atomic E-state index is -3.69. The molecule has 108 valence electrons. The highest BCUT2D eigenvalue weighted by atomic mass is 32.2. The molecule has 11 nitrogen and oxygen atoms in total. The van der Waals surface area contributed by atoms with Gasteiger partial charge in [0.25, 0.3) is 10.1 Å². The molecule has 0 aliphatic carbocycles. The molecule has 13 heteroatoms. The van der Waals surface area contributed by atoms with Crippen LogP contribution >= 0.6 is 0 Å². The van der Waals surface area contributed by atoms with Crippen molar-refractivity contribution in [2.45, 2.75) is 0 Å². The molecule has 4 N–H and O–H groups in total. The van der Waals surface area contributed by atoms with Crippen molar-refractivity contribution in [3.05, 3.63) is 0 Å². The van der Waals surface area contributed by atoms with Crippen molar-refractivity contribution in [3.63, 3.8) is 0 Å². The average Bonchev–Trinajstić information content (AvgIpc) is 2.06. The summed E-state index contributed by atoms with van der Waals surface area (Å²) in [5.74, 6) is -0.514. The average molecular weight is 306 g/mol. The Morgan fingerprint density at radius 3 is 2.22 bits per heavy atom. The lowest BCUT2D eigenvalue weighted by molar-refractivity contribution is -0.329. The predicted octanol–water partition coefficient (Wildman–Crippen LogP) is -2.55. The van der Waals surface area contributed by atoms with E-state index in [1.165, 1.54) is 0 Å².